The molecule has 1 unspecified atom stereocenters. The van der Waals surface area contributed by atoms with Crippen molar-refractivity contribution < 1.29 is 9.84 Å². The second kappa shape index (κ2) is 9.19. The van der Waals surface area contributed by atoms with Crippen LogP contribution in [0.2, 0.25) is 5.02 Å². The van der Waals surface area contributed by atoms with Crippen molar-refractivity contribution in [2.75, 3.05) is 44.9 Å². The lowest BCUT2D eigenvalue weighted by molar-refractivity contribution is 0.203. The van der Waals surface area contributed by atoms with E-state index >= 15 is 0 Å². The Morgan fingerprint density at radius 3 is 2.70 bits per heavy atom. The molecule has 0 saturated heterocycles. The van der Waals surface area contributed by atoms with Crippen LogP contribution in [-0.2, 0) is 4.74 Å². The Labute approximate surface area is 126 Å². The number of ether oxygens (including phenoxy) is 1. The highest BCUT2D eigenvalue weighted by molar-refractivity contribution is 6.33. The van der Waals surface area contributed by atoms with Crippen LogP contribution in [0, 0.1) is 0 Å². The van der Waals surface area contributed by atoms with E-state index in [1.807, 2.05) is 17.0 Å². The molecule has 0 spiro atoms. The molecule has 5 heteroatoms. The molecule has 0 aliphatic rings. The van der Waals surface area contributed by atoms with Crippen LogP contribution in [0.25, 0.3) is 0 Å². The molecule has 0 heterocycles. The minimum absolute atomic E-state index is 0.0928. The van der Waals surface area contributed by atoms with E-state index in [9.17, 15) is 0 Å². The van der Waals surface area contributed by atoms with Gasteiger partial charge in [-0.05, 0) is 31.2 Å². The fourth-order valence-electron chi connectivity index (χ4n) is 2.15. The highest BCUT2D eigenvalue weighted by Crippen LogP contribution is 2.29. The molecule has 0 aromatic heterocycles. The number of halogens is 1. The number of hydrogen-bond acceptors (Lipinski definition) is 4. The standard InChI is InChI=1S/C15H25ClN2O2/c1-4-17-12(2)13-5-6-15(14(16)11-13)18(7-9-19)8-10-20-3/h5-6,11-12,17,19H,4,7-10H2,1-3H3. The summed E-state index contributed by atoms with van der Waals surface area (Å²) in [5.41, 5.74) is 2.10. The van der Waals surface area contributed by atoms with Gasteiger partial charge in [-0.25, -0.2) is 0 Å². The third-order valence-corrected chi connectivity index (χ3v) is 3.56. The van der Waals surface area contributed by atoms with Crippen molar-refractivity contribution in [3.05, 3.63) is 28.8 Å². The fourth-order valence-corrected chi connectivity index (χ4v) is 2.46. The molecule has 1 aromatic carbocycles. The van der Waals surface area contributed by atoms with Gasteiger partial charge in [-0.1, -0.05) is 24.6 Å². The molecule has 20 heavy (non-hydrogen) atoms. The van der Waals surface area contributed by atoms with E-state index < -0.39 is 0 Å². The van der Waals surface area contributed by atoms with Gasteiger partial charge in [0, 0.05) is 26.2 Å². The first-order chi connectivity index (χ1) is 9.63. The molecule has 0 fully saturated rings. The highest BCUT2D eigenvalue weighted by Gasteiger charge is 2.12. The summed E-state index contributed by atoms with van der Waals surface area (Å²) >= 11 is 6.39. The minimum atomic E-state index is 0.0928. The van der Waals surface area contributed by atoms with Crippen LogP contribution >= 0.6 is 11.6 Å². The van der Waals surface area contributed by atoms with E-state index in [2.05, 4.69) is 25.2 Å². The van der Waals surface area contributed by atoms with E-state index in [4.69, 9.17) is 21.4 Å². The summed E-state index contributed by atoms with van der Waals surface area (Å²) in [4.78, 5) is 2.04. The zero-order chi connectivity index (χ0) is 15.0. The van der Waals surface area contributed by atoms with E-state index in [-0.39, 0.29) is 12.6 Å². The summed E-state index contributed by atoms with van der Waals surface area (Å²) in [7, 11) is 1.67. The number of anilines is 1. The molecule has 0 radical (unpaired) electrons. The van der Waals surface area contributed by atoms with Crippen molar-refractivity contribution in [3.8, 4) is 0 Å². The smallest absolute Gasteiger partial charge is 0.0642 e. The summed E-state index contributed by atoms with van der Waals surface area (Å²) in [6.45, 7) is 7.07. The highest BCUT2D eigenvalue weighted by atomic mass is 35.5. The summed E-state index contributed by atoms with van der Waals surface area (Å²) in [6, 6.07) is 6.35. The number of aliphatic hydroxyl groups excluding tert-OH is 1. The average Bonchev–Trinajstić information content (AvgIpc) is 2.44. The van der Waals surface area contributed by atoms with Crippen LogP contribution in [0.1, 0.15) is 25.5 Å². The SMILES string of the molecule is CCNC(C)c1ccc(N(CCO)CCOC)c(Cl)c1. The Balaban J connectivity index is 2.88. The largest absolute Gasteiger partial charge is 0.395 e. The Hall–Kier alpha value is -0.810. The lowest BCUT2D eigenvalue weighted by Crippen LogP contribution is -2.30. The van der Waals surface area contributed by atoms with Gasteiger partial charge in [-0.3, -0.25) is 0 Å². The number of rotatable bonds is 9. The third kappa shape index (κ3) is 4.94. The number of methoxy groups -OCH3 is 1. The van der Waals surface area contributed by atoms with Gasteiger partial charge in [0.05, 0.1) is 23.9 Å². The number of benzene rings is 1. The second-order valence-electron chi connectivity index (χ2n) is 4.69. The Kier molecular flexibility index (Phi) is 7.92. The molecule has 1 rings (SSSR count). The monoisotopic (exact) mass is 300 g/mol. The first-order valence-corrected chi connectivity index (χ1v) is 7.39. The number of nitrogens with zero attached hydrogens (tertiary/aromatic N) is 1. The molecule has 0 saturated carbocycles. The van der Waals surface area contributed by atoms with Crippen LogP contribution in [-0.4, -0.2) is 45.1 Å². The topological polar surface area (TPSA) is 44.7 Å². The van der Waals surface area contributed by atoms with Crippen LogP contribution in [0.15, 0.2) is 18.2 Å². The number of hydrogen-bond donors (Lipinski definition) is 2. The lowest BCUT2D eigenvalue weighted by Gasteiger charge is -2.25. The van der Waals surface area contributed by atoms with Crippen LogP contribution < -0.4 is 10.2 Å². The van der Waals surface area contributed by atoms with Gasteiger partial charge >= 0.3 is 0 Å². The molecule has 114 valence electrons. The molecular weight excluding hydrogens is 276 g/mol. The second-order valence-corrected chi connectivity index (χ2v) is 5.10. The lowest BCUT2D eigenvalue weighted by atomic mass is 10.1. The van der Waals surface area contributed by atoms with Crippen molar-refractivity contribution in [2.24, 2.45) is 0 Å². The minimum Gasteiger partial charge on any atom is -0.395 e. The van der Waals surface area contributed by atoms with E-state index in [0.717, 1.165) is 17.8 Å². The quantitative estimate of drug-likeness (QED) is 0.735. The molecule has 0 bridgehead atoms. The maximum Gasteiger partial charge on any atom is 0.0642 e. The van der Waals surface area contributed by atoms with Crippen molar-refractivity contribution in [1.29, 1.82) is 0 Å². The maximum absolute atomic E-state index is 9.17. The Bertz CT molecular complexity index is 401. The fraction of sp³-hybridized carbons (Fsp3) is 0.600. The van der Waals surface area contributed by atoms with Crippen molar-refractivity contribution in [3.63, 3.8) is 0 Å². The number of aliphatic hydroxyl groups is 1. The van der Waals surface area contributed by atoms with Crippen molar-refractivity contribution >= 4 is 17.3 Å². The molecule has 0 aliphatic carbocycles. The van der Waals surface area contributed by atoms with Gasteiger partial charge in [0.15, 0.2) is 0 Å². The predicted octanol–water partition coefficient (Wildman–Crippen LogP) is 2.46. The Morgan fingerprint density at radius 2 is 2.15 bits per heavy atom. The van der Waals surface area contributed by atoms with Crippen molar-refractivity contribution in [2.45, 2.75) is 19.9 Å². The van der Waals surface area contributed by atoms with Gasteiger partial charge in [-0.2, -0.15) is 0 Å². The summed E-state index contributed by atoms with van der Waals surface area (Å²) < 4.78 is 5.10. The van der Waals surface area contributed by atoms with Gasteiger partial charge in [0.1, 0.15) is 0 Å². The zero-order valence-corrected chi connectivity index (χ0v) is 13.3. The van der Waals surface area contributed by atoms with Crippen LogP contribution in [0.5, 0.6) is 0 Å². The normalized spacial score (nSPS) is 12.4. The molecule has 2 N–H and O–H groups in total. The molecule has 1 atom stereocenters. The van der Waals surface area contributed by atoms with Gasteiger partial charge in [-0.15, -0.1) is 0 Å². The van der Waals surface area contributed by atoms with Gasteiger partial charge in [0.25, 0.3) is 0 Å². The number of nitrogens with one attached hydrogen (secondary N) is 1. The maximum atomic E-state index is 9.17. The molecular formula is C15H25ClN2O2. The first-order valence-electron chi connectivity index (χ1n) is 7.01. The van der Waals surface area contributed by atoms with Gasteiger partial charge in [0.2, 0.25) is 0 Å². The predicted molar refractivity (Wildman–Crippen MR) is 84.7 cm³/mol. The summed E-state index contributed by atoms with van der Waals surface area (Å²) in [5, 5.41) is 13.2. The average molecular weight is 301 g/mol. The zero-order valence-electron chi connectivity index (χ0n) is 12.5. The van der Waals surface area contributed by atoms with Crippen LogP contribution in [0.4, 0.5) is 5.69 Å². The van der Waals surface area contributed by atoms with E-state index in [1.165, 1.54) is 0 Å². The van der Waals surface area contributed by atoms with E-state index in [0.29, 0.717) is 24.7 Å². The Morgan fingerprint density at radius 1 is 1.40 bits per heavy atom. The molecule has 0 amide bonds. The van der Waals surface area contributed by atoms with Gasteiger partial charge < -0.3 is 20.1 Å². The summed E-state index contributed by atoms with van der Waals surface area (Å²) in [5.74, 6) is 0. The molecule has 4 nitrogen and oxygen atoms in total. The first kappa shape index (κ1) is 17.2. The van der Waals surface area contributed by atoms with E-state index in [1.54, 1.807) is 7.11 Å². The van der Waals surface area contributed by atoms with Crippen LogP contribution in [0.3, 0.4) is 0 Å². The molecule has 0 aliphatic heterocycles. The third-order valence-electron chi connectivity index (χ3n) is 3.26. The molecule has 1 aromatic rings. The van der Waals surface area contributed by atoms with Crippen molar-refractivity contribution in [1.82, 2.24) is 5.32 Å². The summed E-state index contributed by atoms with van der Waals surface area (Å²) in [6.07, 6.45) is 0.